The van der Waals surface area contributed by atoms with Crippen LogP contribution in [-0.4, -0.2) is 29.3 Å². The summed E-state index contributed by atoms with van der Waals surface area (Å²) in [7, 11) is 0. The summed E-state index contributed by atoms with van der Waals surface area (Å²) < 4.78 is 5.39. The van der Waals surface area contributed by atoms with Gasteiger partial charge in [0, 0.05) is 22.8 Å². The van der Waals surface area contributed by atoms with Crippen LogP contribution in [-0.2, 0) is 9.59 Å². The van der Waals surface area contributed by atoms with Crippen molar-refractivity contribution in [1.82, 2.24) is 4.98 Å². The lowest BCUT2D eigenvalue weighted by Gasteiger charge is -2.15. The number of nitrogens with zero attached hydrogens (tertiary/aromatic N) is 2. The van der Waals surface area contributed by atoms with Crippen molar-refractivity contribution in [3.8, 4) is 5.75 Å². The van der Waals surface area contributed by atoms with E-state index in [-0.39, 0.29) is 16.6 Å². The number of amides is 3. The van der Waals surface area contributed by atoms with E-state index < -0.39 is 11.8 Å². The van der Waals surface area contributed by atoms with Crippen LogP contribution >= 0.6 is 22.9 Å². The topological polar surface area (TPSA) is 101 Å². The highest BCUT2D eigenvalue weighted by atomic mass is 35.5. The highest BCUT2D eigenvalue weighted by Gasteiger charge is 2.39. The lowest BCUT2D eigenvalue weighted by atomic mass is 10.2. The van der Waals surface area contributed by atoms with E-state index in [2.05, 4.69) is 15.6 Å². The minimum atomic E-state index is -0.622. The predicted molar refractivity (Wildman–Crippen MR) is 123 cm³/mol. The third-order valence-electron chi connectivity index (χ3n) is 4.50. The number of aromatic nitrogens is 1. The van der Waals surface area contributed by atoms with E-state index in [1.165, 1.54) is 11.3 Å². The molecule has 0 radical (unpaired) electrons. The van der Waals surface area contributed by atoms with Crippen LogP contribution in [0.2, 0.25) is 0 Å². The van der Waals surface area contributed by atoms with Gasteiger partial charge in [-0.05, 0) is 55.5 Å². The molecule has 162 valence electrons. The number of hydrogen-bond acceptors (Lipinski definition) is 7. The molecule has 1 aliphatic rings. The molecule has 1 aromatic heterocycles. The Morgan fingerprint density at radius 3 is 2.44 bits per heavy atom. The van der Waals surface area contributed by atoms with Crippen LogP contribution in [0.1, 0.15) is 17.3 Å². The third kappa shape index (κ3) is 4.34. The van der Waals surface area contributed by atoms with E-state index in [1.807, 2.05) is 6.92 Å². The number of carbonyl (C=O) groups is 3. The molecule has 3 aromatic rings. The first-order chi connectivity index (χ1) is 15.5. The Hall–Kier alpha value is -3.69. The van der Waals surface area contributed by atoms with Gasteiger partial charge in [-0.2, -0.15) is 0 Å². The fourth-order valence-electron chi connectivity index (χ4n) is 3.01. The SMILES string of the molecule is CCOc1ccc(N2C(=O)C(Cl)=C(Nc3ccc(C(=O)Nc4nccs4)cc3)C2=O)cc1. The maximum Gasteiger partial charge on any atom is 0.283 e. The van der Waals surface area contributed by atoms with Gasteiger partial charge < -0.3 is 10.1 Å². The number of thiazole rings is 1. The molecule has 0 atom stereocenters. The van der Waals surface area contributed by atoms with Crippen LogP contribution in [0, 0.1) is 0 Å². The first-order valence-corrected chi connectivity index (χ1v) is 10.8. The largest absolute Gasteiger partial charge is 0.494 e. The second-order valence-electron chi connectivity index (χ2n) is 6.56. The van der Waals surface area contributed by atoms with Crippen molar-refractivity contribution in [1.29, 1.82) is 0 Å². The number of benzene rings is 2. The Morgan fingerprint density at radius 2 is 1.81 bits per heavy atom. The van der Waals surface area contributed by atoms with E-state index in [0.717, 1.165) is 4.90 Å². The van der Waals surface area contributed by atoms with Gasteiger partial charge in [0.25, 0.3) is 17.7 Å². The van der Waals surface area contributed by atoms with Crippen molar-refractivity contribution < 1.29 is 19.1 Å². The number of ether oxygens (including phenoxy) is 1. The second kappa shape index (κ2) is 9.21. The average Bonchev–Trinajstić information content (AvgIpc) is 3.38. The monoisotopic (exact) mass is 468 g/mol. The molecule has 1 aliphatic heterocycles. The maximum absolute atomic E-state index is 12.9. The average molecular weight is 469 g/mol. The molecule has 8 nitrogen and oxygen atoms in total. The molecule has 0 saturated carbocycles. The minimum absolute atomic E-state index is 0.0365. The van der Waals surface area contributed by atoms with Crippen LogP contribution in [0.15, 0.2) is 70.8 Å². The number of halogens is 1. The van der Waals surface area contributed by atoms with Gasteiger partial charge in [0.1, 0.15) is 16.5 Å². The van der Waals surface area contributed by atoms with Crippen molar-refractivity contribution >= 4 is 57.2 Å². The molecule has 32 heavy (non-hydrogen) atoms. The van der Waals surface area contributed by atoms with Gasteiger partial charge in [-0.3, -0.25) is 19.7 Å². The van der Waals surface area contributed by atoms with E-state index >= 15 is 0 Å². The van der Waals surface area contributed by atoms with E-state index in [0.29, 0.717) is 34.4 Å². The zero-order valence-corrected chi connectivity index (χ0v) is 18.4. The molecule has 0 spiro atoms. The molecule has 0 bridgehead atoms. The minimum Gasteiger partial charge on any atom is -0.494 e. The Balaban J connectivity index is 1.47. The van der Waals surface area contributed by atoms with Crippen LogP contribution < -0.4 is 20.3 Å². The predicted octanol–water partition coefficient (Wildman–Crippen LogP) is 4.23. The van der Waals surface area contributed by atoms with Crippen molar-refractivity contribution in [3.63, 3.8) is 0 Å². The van der Waals surface area contributed by atoms with Crippen molar-refractivity contribution in [2.24, 2.45) is 0 Å². The Kier molecular flexibility index (Phi) is 6.20. The fraction of sp³-hybridized carbons (Fsp3) is 0.0909. The van der Waals surface area contributed by atoms with Crippen molar-refractivity contribution in [2.45, 2.75) is 6.92 Å². The molecule has 0 fully saturated rings. The molecule has 0 unspecified atom stereocenters. The summed E-state index contributed by atoms with van der Waals surface area (Å²) in [6, 6.07) is 13.0. The van der Waals surface area contributed by atoms with Crippen LogP contribution in [0.5, 0.6) is 5.75 Å². The molecule has 0 saturated heterocycles. The quantitative estimate of drug-likeness (QED) is 0.503. The summed E-state index contributed by atoms with van der Waals surface area (Å²) in [6.45, 7) is 2.37. The normalized spacial score (nSPS) is 13.5. The zero-order valence-electron chi connectivity index (χ0n) is 16.8. The van der Waals surface area contributed by atoms with Gasteiger partial charge in [-0.1, -0.05) is 11.6 Å². The maximum atomic E-state index is 12.9. The third-order valence-corrected chi connectivity index (χ3v) is 5.54. The number of carbonyl (C=O) groups excluding carboxylic acids is 3. The second-order valence-corrected chi connectivity index (χ2v) is 7.83. The Bertz CT molecular complexity index is 1190. The molecule has 4 rings (SSSR count). The van der Waals surface area contributed by atoms with Gasteiger partial charge in [0.05, 0.1) is 12.3 Å². The first kappa shape index (κ1) is 21.5. The highest BCUT2D eigenvalue weighted by Crippen LogP contribution is 2.31. The number of hydrogen-bond donors (Lipinski definition) is 2. The molecular weight excluding hydrogens is 452 g/mol. The van der Waals surface area contributed by atoms with E-state index in [9.17, 15) is 14.4 Å². The number of anilines is 3. The lowest BCUT2D eigenvalue weighted by Crippen LogP contribution is -2.32. The standard InChI is InChI=1S/C22H17ClN4O4S/c1-2-31-16-9-7-15(8-10-16)27-20(29)17(23)18(21(27)30)25-14-5-3-13(4-6-14)19(28)26-22-24-11-12-32-22/h3-12,25H,2H2,1H3,(H,24,26,28). The fourth-order valence-corrected chi connectivity index (χ4v) is 3.74. The summed E-state index contributed by atoms with van der Waals surface area (Å²) in [4.78, 5) is 42.8. The van der Waals surface area contributed by atoms with Crippen molar-refractivity contribution in [3.05, 3.63) is 76.4 Å². The van der Waals surface area contributed by atoms with Gasteiger partial charge in [0.2, 0.25) is 0 Å². The number of rotatable bonds is 7. The Labute approximate surface area is 192 Å². The summed E-state index contributed by atoms with van der Waals surface area (Å²) in [5.41, 5.74) is 1.26. The lowest BCUT2D eigenvalue weighted by molar-refractivity contribution is -0.120. The number of imide groups is 1. The smallest absolute Gasteiger partial charge is 0.283 e. The molecule has 0 aliphatic carbocycles. The first-order valence-electron chi connectivity index (χ1n) is 9.57. The summed E-state index contributed by atoms with van der Waals surface area (Å²) >= 11 is 7.49. The van der Waals surface area contributed by atoms with Crippen LogP contribution in [0.3, 0.4) is 0 Å². The molecule has 2 heterocycles. The summed E-state index contributed by atoms with van der Waals surface area (Å²) in [5.74, 6) is -0.873. The van der Waals surface area contributed by atoms with Gasteiger partial charge in [-0.25, -0.2) is 9.88 Å². The summed E-state index contributed by atoms with van der Waals surface area (Å²) in [5, 5.41) is 7.62. The molecule has 10 heteroatoms. The Morgan fingerprint density at radius 1 is 1.09 bits per heavy atom. The summed E-state index contributed by atoms with van der Waals surface area (Å²) in [6.07, 6.45) is 1.60. The van der Waals surface area contributed by atoms with Gasteiger partial charge >= 0.3 is 0 Å². The van der Waals surface area contributed by atoms with Crippen molar-refractivity contribution in [2.75, 3.05) is 22.1 Å². The zero-order chi connectivity index (χ0) is 22.7. The molecule has 3 amide bonds. The molecular formula is C22H17ClN4O4S. The van der Waals surface area contributed by atoms with Gasteiger partial charge in [0.15, 0.2) is 5.13 Å². The van der Waals surface area contributed by atoms with E-state index in [4.69, 9.17) is 16.3 Å². The molecule has 2 N–H and O–H groups in total. The molecule has 2 aromatic carbocycles. The van der Waals surface area contributed by atoms with Gasteiger partial charge in [-0.15, -0.1) is 11.3 Å². The van der Waals surface area contributed by atoms with E-state index in [1.54, 1.807) is 60.1 Å². The van der Waals surface area contributed by atoms with Crippen LogP contribution in [0.4, 0.5) is 16.5 Å². The highest BCUT2D eigenvalue weighted by molar-refractivity contribution is 7.13. The van der Waals surface area contributed by atoms with Crippen LogP contribution in [0.25, 0.3) is 0 Å². The number of nitrogens with one attached hydrogen (secondary N) is 2.